The van der Waals surface area contributed by atoms with Crippen LogP contribution in [0.25, 0.3) is 6.08 Å². The summed E-state index contributed by atoms with van der Waals surface area (Å²) in [5, 5.41) is 2.29. The van der Waals surface area contributed by atoms with Crippen molar-refractivity contribution in [2.45, 2.75) is 19.8 Å². The van der Waals surface area contributed by atoms with Crippen LogP contribution in [0, 0.1) is 5.82 Å². The Morgan fingerprint density at radius 2 is 1.87 bits per heavy atom. The molecule has 2 aromatic rings. The first kappa shape index (κ1) is 23.5. The molecule has 30 heavy (non-hydrogen) atoms. The van der Waals surface area contributed by atoms with Crippen molar-refractivity contribution in [3.63, 3.8) is 0 Å². The fourth-order valence-electron chi connectivity index (χ4n) is 2.23. The number of amides is 2. The predicted octanol–water partition coefficient (Wildman–Crippen LogP) is 3.83. The van der Waals surface area contributed by atoms with Crippen molar-refractivity contribution >= 4 is 51.2 Å². The first-order chi connectivity index (χ1) is 14.2. The molecule has 0 unspecified atom stereocenters. The van der Waals surface area contributed by atoms with E-state index in [1.807, 2.05) is 12.1 Å². The molecule has 6 nitrogen and oxygen atoms in total. The fraction of sp³-hybridized carbons (Fsp3) is 0.190. The number of benzene rings is 2. The molecule has 0 aromatic heterocycles. The fourth-order valence-corrected chi connectivity index (χ4v) is 2.89. The zero-order chi connectivity index (χ0) is 22.1. The minimum Gasteiger partial charge on any atom is -0.483 e. The topological polar surface area (TPSA) is 79.5 Å². The molecule has 0 radical (unpaired) electrons. The van der Waals surface area contributed by atoms with Crippen LogP contribution >= 0.6 is 28.1 Å². The van der Waals surface area contributed by atoms with Crippen LogP contribution in [0.15, 0.2) is 53.0 Å². The van der Waals surface area contributed by atoms with E-state index in [0.717, 1.165) is 10.0 Å². The Balaban J connectivity index is 1.73. The Kier molecular flexibility index (Phi) is 8.94. The molecule has 2 amide bonds. The van der Waals surface area contributed by atoms with E-state index in [9.17, 15) is 14.0 Å². The number of halogens is 2. The van der Waals surface area contributed by atoms with Gasteiger partial charge in [-0.05, 0) is 75.5 Å². The maximum Gasteiger partial charge on any atom is 0.276 e. The van der Waals surface area contributed by atoms with Gasteiger partial charge in [-0.25, -0.2) is 4.39 Å². The molecular formula is C21H21BrFN3O3S. The van der Waals surface area contributed by atoms with Gasteiger partial charge in [0.15, 0.2) is 11.7 Å². The summed E-state index contributed by atoms with van der Waals surface area (Å²) in [6.07, 6.45) is 2.75. The van der Waals surface area contributed by atoms with Crippen molar-refractivity contribution in [3.05, 3.63) is 70.0 Å². The number of carbonyl (C=O) groups is 2. The minimum atomic E-state index is -0.503. The largest absolute Gasteiger partial charge is 0.483 e. The summed E-state index contributed by atoms with van der Waals surface area (Å²) < 4.78 is 19.1. The third-order valence-electron chi connectivity index (χ3n) is 3.83. The van der Waals surface area contributed by atoms with Crippen molar-refractivity contribution in [2.24, 2.45) is 0 Å². The number of nitrogens with one attached hydrogen (secondary N) is 3. The van der Waals surface area contributed by atoms with Gasteiger partial charge in [0.25, 0.3) is 5.91 Å². The average Bonchev–Trinajstić information content (AvgIpc) is 2.70. The zero-order valence-corrected chi connectivity index (χ0v) is 18.8. The number of rotatable bonds is 6. The summed E-state index contributed by atoms with van der Waals surface area (Å²) >= 11 is 8.37. The van der Waals surface area contributed by atoms with E-state index in [4.69, 9.17) is 17.0 Å². The maximum absolute atomic E-state index is 12.8. The summed E-state index contributed by atoms with van der Waals surface area (Å²) in [5.74, 6) is -0.424. The van der Waals surface area contributed by atoms with Crippen LogP contribution in [-0.4, -0.2) is 23.5 Å². The van der Waals surface area contributed by atoms with Gasteiger partial charge in [-0.15, -0.1) is 0 Å². The van der Waals surface area contributed by atoms with Crippen molar-refractivity contribution in [1.82, 2.24) is 16.2 Å². The van der Waals surface area contributed by atoms with Crippen LogP contribution in [0.2, 0.25) is 0 Å². The molecule has 0 fully saturated rings. The molecule has 0 aliphatic rings. The number of hydrogen-bond acceptors (Lipinski definition) is 4. The summed E-state index contributed by atoms with van der Waals surface area (Å²) in [7, 11) is 0. The Morgan fingerprint density at radius 3 is 2.50 bits per heavy atom. The third kappa shape index (κ3) is 7.92. The molecule has 3 N–H and O–H groups in total. The van der Waals surface area contributed by atoms with Crippen LogP contribution in [0.3, 0.4) is 0 Å². The standard InChI is InChI=1S/C21H21BrFN3O3S/c1-13(2)15-6-9-18(17(22)11-15)29-12-20(28)25-26-21(30)24-19(27)10-5-14-3-7-16(23)8-4-14/h3-11,13H,12H2,1-2H3,(H,25,28)(H2,24,26,27,30)/b10-5+. The second kappa shape index (κ2) is 11.4. The van der Waals surface area contributed by atoms with E-state index < -0.39 is 11.8 Å². The molecule has 158 valence electrons. The van der Waals surface area contributed by atoms with Crippen molar-refractivity contribution < 1.29 is 18.7 Å². The minimum absolute atomic E-state index is 0.0837. The SMILES string of the molecule is CC(C)c1ccc(OCC(=O)NNC(=S)NC(=O)/C=C/c2ccc(F)cc2)c(Br)c1. The van der Waals surface area contributed by atoms with Crippen molar-refractivity contribution in [1.29, 1.82) is 0 Å². The average molecular weight is 494 g/mol. The number of carbonyl (C=O) groups excluding carboxylic acids is 2. The van der Waals surface area contributed by atoms with E-state index >= 15 is 0 Å². The van der Waals surface area contributed by atoms with Crippen LogP contribution < -0.4 is 20.9 Å². The lowest BCUT2D eigenvalue weighted by Gasteiger charge is -2.12. The molecule has 2 rings (SSSR count). The molecular weight excluding hydrogens is 473 g/mol. The molecule has 0 aliphatic carbocycles. The highest BCUT2D eigenvalue weighted by atomic mass is 79.9. The number of ether oxygens (including phenoxy) is 1. The quantitative estimate of drug-likeness (QED) is 0.323. The lowest BCUT2D eigenvalue weighted by molar-refractivity contribution is -0.123. The maximum atomic E-state index is 12.8. The Labute approximate surface area is 188 Å². The van der Waals surface area contributed by atoms with Gasteiger partial charge in [0, 0.05) is 6.08 Å². The second-order valence-electron chi connectivity index (χ2n) is 6.51. The number of hydrogen-bond donors (Lipinski definition) is 3. The van der Waals surface area contributed by atoms with Crippen LogP contribution in [-0.2, 0) is 9.59 Å². The normalized spacial score (nSPS) is 10.7. The highest BCUT2D eigenvalue weighted by Gasteiger charge is 2.09. The van der Waals surface area contributed by atoms with Crippen LogP contribution in [0.4, 0.5) is 4.39 Å². The molecule has 2 aromatic carbocycles. The lowest BCUT2D eigenvalue weighted by atomic mass is 10.0. The molecule has 0 atom stereocenters. The van der Waals surface area contributed by atoms with E-state index in [1.54, 1.807) is 6.07 Å². The summed E-state index contributed by atoms with van der Waals surface area (Å²) in [6.45, 7) is 3.93. The monoisotopic (exact) mass is 493 g/mol. The number of hydrazine groups is 1. The van der Waals surface area contributed by atoms with Crippen molar-refractivity contribution in [2.75, 3.05) is 6.61 Å². The number of thiocarbonyl (C=S) groups is 1. The van der Waals surface area contributed by atoms with E-state index in [0.29, 0.717) is 17.2 Å². The van der Waals surface area contributed by atoms with Gasteiger partial charge in [-0.2, -0.15) is 0 Å². The third-order valence-corrected chi connectivity index (χ3v) is 4.65. The van der Waals surface area contributed by atoms with Gasteiger partial charge >= 0.3 is 0 Å². The Morgan fingerprint density at radius 1 is 1.17 bits per heavy atom. The summed E-state index contributed by atoms with van der Waals surface area (Å²) in [6, 6.07) is 11.3. The van der Waals surface area contributed by atoms with Crippen LogP contribution in [0.5, 0.6) is 5.75 Å². The Bertz CT molecular complexity index is 949. The summed E-state index contributed by atoms with van der Waals surface area (Å²) in [4.78, 5) is 23.7. The molecule has 0 bridgehead atoms. The highest BCUT2D eigenvalue weighted by molar-refractivity contribution is 9.10. The van der Waals surface area contributed by atoms with Gasteiger partial charge < -0.3 is 4.74 Å². The van der Waals surface area contributed by atoms with Gasteiger partial charge in [-0.3, -0.25) is 25.8 Å². The lowest BCUT2D eigenvalue weighted by Crippen LogP contribution is -2.49. The first-order valence-corrected chi connectivity index (χ1v) is 10.2. The van der Waals surface area contributed by atoms with Gasteiger partial charge in [-0.1, -0.05) is 32.0 Å². The van der Waals surface area contributed by atoms with E-state index in [1.165, 1.54) is 36.4 Å². The highest BCUT2D eigenvalue weighted by Crippen LogP contribution is 2.28. The van der Waals surface area contributed by atoms with E-state index in [2.05, 4.69) is 45.9 Å². The van der Waals surface area contributed by atoms with Crippen molar-refractivity contribution in [3.8, 4) is 5.75 Å². The molecule has 9 heteroatoms. The summed E-state index contributed by atoms with van der Waals surface area (Å²) in [5.41, 5.74) is 6.56. The molecule has 0 aliphatic heterocycles. The second-order valence-corrected chi connectivity index (χ2v) is 7.77. The molecule has 0 saturated carbocycles. The first-order valence-electron chi connectivity index (χ1n) is 9.00. The van der Waals surface area contributed by atoms with Gasteiger partial charge in [0.05, 0.1) is 4.47 Å². The zero-order valence-electron chi connectivity index (χ0n) is 16.4. The van der Waals surface area contributed by atoms with Gasteiger partial charge in [0.1, 0.15) is 11.6 Å². The molecule has 0 heterocycles. The Hall–Kier alpha value is -2.78. The predicted molar refractivity (Wildman–Crippen MR) is 121 cm³/mol. The van der Waals surface area contributed by atoms with E-state index in [-0.39, 0.29) is 17.5 Å². The van der Waals surface area contributed by atoms with Gasteiger partial charge in [0.2, 0.25) is 5.91 Å². The molecule has 0 saturated heterocycles. The van der Waals surface area contributed by atoms with Crippen LogP contribution in [0.1, 0.15) is 30.9 Å². The smallest absolute Gasteiger partial charge is 0.276 e. The molecule has 0 spiro atoms.